The SMILES string of the molecule is CC(C)N1CC2CC(C1)N2C(=O)CC(C)(C)C. The second kappa shape index (κ2) is 4.27. The fourth-order valence-corrected chi connectivity index (χ4v) is 3.02. The zero-order valence-corrected chi connectivity index (χ0v) is 11.9. The number of nitrogens with zero attached hydrogens (tertiary/aromatic N) is 2. The van der Waals surface area contributed by atoms with E-state index >= 15 is 0 Å². The fourth-order valence-electron chi connectivity index (χ4n) is 3.02. The van der Waals surface area contributed by atoms with Crippen molar-refractivity contribution in [2.24, 2.45) is 5.41 Å². The van der Waals surface area contributed by atoms with Crippen molar-refractivity contribution in [3.8, 4) is 0 Å². The van der Waals surface area contributed by atoms with Crippen LogP contribution < -0.4 is 0 Å². The van der Waals surface area contributed by atoms with Gasteiger partial charge in [-0.2, -0.15) is 0 Å². The molecule has 2 bridgehead atoms. The van der Waals surface area contributed by atoms with Gasteiger partial charge in [0.1, 0.15) is 0 Å². The Hall–Kier alpha value is -0.570. The summed E-state index contributed by atoms with van der Waals surface area (Å²) in [5.74, 6) is 0.363. The zero-order chi connectivity index (χ0) is 12.8. The number of fused-ring (bicyclic) bond motifs is 2. The smallest absolute Gasteiger partial charge is 0.223 e. The van der Waals surface area contributed by atoms with Crippen molar-refractivity contribution < 1.29 is 4.79 Å². The minimum absolute atomic E-state index is 0.110. The van der Waals surface area contributed by atoms with Crippen molar-refractivity contribution in [1.82, 2.24) is 9.80 Å². The Kier molecular flexibility index (Phi) is 3.23. The highest BCUT2D eigenvalue weighted by molar-refractivity contribution is 5.78. The van der Waals surface area contributed by atoms with Crippen LogP contribution in [0.1, 0.15) is 47.5 Å². The lowest BCUT2D eigenvalue weighted by molar-refractivity contribution is -0.157. The lowest BCUT2D eigenvalue weighted by atomic mass is 9.84. The number of hydrogen-bond acceptors (Lipinski definition) is 2. The normalized spacial score (nSPS) is 29.4. The van der Waals surface area contributed by atoms with Gasteiger partial charge in [-0.15, -0.1) is 0 Å². The van der Waals surface area contributed by atoms with Crippen molar-refractivity contribution in [3.63, 3.8) is 0 Å². The van der Waals surface area contributed by atoms with Gasteiger partial charge >= 0.3 is 0 Å². The fraction of sp³-hybridized carbons (Fsp3) is 0.929. The van der Waals surface area contributed by atoms with Crippen molar-refractivity contribution in [3.05, 3.63) is 0 Å². The van der Waals surface area contributed by atoms with Crippen LogP contribution >= 0.6 is 0 Å². The molecule has 3 rings (SSSR count). The third-order valence-corrected chi connectivity index (χ3v) is 3.92. The zero-order valence-electron chi connectivity index (χ0n) is 11.9. The maximum atomic E-state index is 12.2. The maximum absolute atomic E-state index is 12.2. The van der Waals surface area contributed by atoms with Gasteiger partial charge in [-0.3, -0.25) is 9.69 Å². The van der Waals surface area contributed by atoms with Crippen LogP contribution in [0.3, 0.4) is 0 Å². The monoisotopic (exact) mass is 238 g/mol. The Morgan fingerprint density at radius 1 is 1.24 bits per heavy atom. The summed E-state index contributed by atoms with van der Waals surface area (Å²) in [5, 5.41) is 0. The summed E-state index contributed by atoms with van der Waals surface area (Å²) in [5.41, 5.74) is 0.110. The van der Waals surface area contributed by atoms with Crippen molar-refractivity contribution in [2.75, 3.05) is 13.1 Å². The molecule has 3 aliphatic heterocycles. The first-order valence-electron chi connectivity index (χ1n) is 6.83. The molecule has 3 fully saturated rings. The van der Waals surface area contributed by atoms with Crippen LogP contribution in [0, 0.1) is 5.41 Å². The van der Waals surface area contributed by atoms with Crippen LogP contribution in [0.15, 0.2) is 0 Å². The molecule has 0 aromatic carbocycles. The number of piperazine rings is 1. The first-order valence-corrected chi connectivity index (χ1v) is 6.83. The third kappa shape index (κ3) is 2.65. The summed E-state index contributed by atoms with van der Waals surface area (Å²) < 4.78 is 0. The molecule has 0 aliphatic carbocycles. The van der Waals surface area contributed by atoms with E-state index in [1.54, 1.807) is 0 Å². The molecule has 17 heavy (non-hydrogen) atoms. The van der Waals surface area contributed by atoms with E-state index in [-0.39, 0.29) is 5.41 Å². The number of rotatable bonds is 2. The summed E-state index contributed by atoms with van der Waals surface area (Å²) in [6, 6.07) is 1.59. The molecule has 0 aromatic rings. The summed E-state index contributed by atoms with van der Waals surface area (Å²) in [6.45, 7) is 13.1. The quantitative estimate of drug-likeness (QED) is 0.735. The van der Waals surface area contributed by atoms with Gasteiger partial charge in [-0.05, 0) is 25.7 Å². The molecule has 3 heteroatoms. The molecule has 98 valence electrons. The van der Waals surface area contributed by atoms with Gasteiger partial charge in [-0.1, -0.05) is 20.8 Å². The van der Waals surface area contributed by atoms with Crippen LogP contribution in [-0.4, -0.2) is 46.9 Å². The predicted octanol–water partition coefficient (Wildman–Crippen LogP) is 2.12. The molecule has 3 aliphatic rings. The minimum Gasteiger partial charge on any atom is -0.334 e. The molecule has 0 aromatic heterocycles. The number of amides is 1. The average molecular weight is 238 g/mol. The van der Waals surface area contributed by atoms with E-state index in [9.17, 15) is 4.79 Å². The Balaban J connectivity index is 1.92. The summed E-state index contributed by atoms with van der Waals surface area (Å²) in [7, 11) is 0. The highest BCUT2D eigenvalue weighted by atomic mass is 16.2. The first-order chi connectivity index (χ1) is 7.78. The minimum atomic E-state index is 0.110. The molecule has 0 radical (unpaired) electrons. The third-order valence-electron chi connectivity index (χ3n) is 3.92. The second-order valence-corrected chi connectivity index (χ2v) is 7.13. The van der Waals surface area contributed by atoms with E-state index in [0.29, 0.717) is 30.5 Å². The van der Waals surface area contributed by atoms with E-state index < -0.39 is 0 Å². The van der Waals surface area contributed by atoms with Gasteiger partial charge in [0.15, 0.2) is 0 Å². The highest BCUT2D eigenvalue weighted by Crippen LogP contribution is 2.35. The number of hydrogen-bond donors (Lipinski definition) is 0. The molecule has 2 unspecified atom stereocenters. The lowest BCUT2D eigenvalue weighted by Gasteiger charge is -2.57. The van der Waals surface area contributed by atoms with Gasteiger partial charge in [0.25, 0.3) is 0 Å². The van der Waals surface area contributed by atoms with Crippen LogP contribution in [0.4, 0.5) is 0 Å². The summed E-state index contributed by atoms with van der Waals surface area (Å²) in [4.78, 5) is 16.9. The Labute approximate surface area is 105 Å². The Bertz CT molecular complexity index is 294. The number of piperidine rings is 1. The van der Waals surface area contributed by atoms with E-state index in [0.717, 1.165) is 13.1 Å². The second-order valence-electron chi connectivity index (χ2n) is 7.13. The van der Waals surface area contributed by atoms with Crippen LogP contribution in [-0.2, 0) is 4.79 Å². The topological polar surface area (TPSA) is 23.6 Å². The first kappa shape index (κ1) is 12.9. The Morgan fingerprint density at radius 3 is 2.18 bits per heavy atom. The average Bonchev–Trinajstić information content (AvgIpc) is 2.14. The predicted molar refractivity (Wildman–Crippen MR) is 69.8 cm³/mol. The van der Waals surface area contributed by atoms with E-state index in [1.807, 2.05) is 0 Å². The van der Waals surface area contributed by atoms with Gasteiger partial charge in [0, 0.05) is 37.6 Å². The number of carbonyl (C=O) groups is 1. The van der Waals surface area contributed by atoms with E-state index in [2.05, 4.69) is 44.4 Å². The molecule has 3 nitrogen and oxygen atoms in total. The lowest BCUT2D eigenvalue weighted by Crippen LogP contribution is -2.71. The molecule has 3 heterocycles. The van der Waals surface area contributed by atoms with Gasteiger partial charge in [0.05, 0.1) is 0 Å². The molecule has 1 amide bonds. The molecular formula is C14H26N2O. The van der Waals surface area contributed by atoms with Gasteiger partial charge < -0.3 is 4.90 Å². The highest BCUT2D eigenvalue weighted by Gasteiger charge is 2.47. The largest absolute Gasteiger partial charge is 0.334 e. The van der Waals surface area contributed by atoms with E-state index in [4.69, 9.17) is 0 Å². The van der Waals surface area contributed by atoms with Crippen molar-refractivity contribution in [1.29, 1.82) is 0 Å². The molecule has 2 atom stereocenters. The summed E-state index contributed by atoms with van der Waals surface area (Å²) >= 11 is 0. The van der Waals surface area contributed by atoms with Gasteiger partial charge in [-0.25, -0.2) is 0 Å². The molecule has 3 saturated heterocycles. The van der Waals surface area contributed by atoms with Crippen LogP contribution in [0.25, 0.3) is 0 Å². The molecule has 0 saturated carbocycles. The van der Waals surface area contributed by atoms with Crippen molar-refractivity contribution in [2.45, 2.75) is 65.6 Å². The van der Waals surface area contributed by atoms with E-state index in [1.165, 1.54) is 6.42 Å². The maximum Gasteiger partial charge on any atom is 0.223 e. The van der Waals surface area contributed by atoms with Crippen LogP contribution in [0.5, 0.6) is 0 Å². The molecular weight excluding hydrogens is 212 g/mol. The number of carbonyl (C=O) groups excluding carboxylic acids is 1. The standard InChI is InChI=1S/C14H26N2O/c1-10(2)15-8-11-6-12(9-15)16(11)13(17)7-14(3,4)5/h10-12H,6-9H2,1-5H3. The molecule has 0 N–H and O–H groups in total. The van der Waals surface area contributed by atoms with Gasteiger partial charge in [0.2, 0.25) is 5.91 Å². The summed E-state index contributed by atoms with van der Waals surface area (Å²) in [6.07, 6.45) is 1.90. The Morgan fingerprint density at radius 2 is 1.76 bits per heavy atom. The molecule has 0 spiro atoms. The van der Waals surface area contributed by atoms with Crippen molar-refractivity contribution >= 4 is 5.91 Å². The van der Waals surface area contributed by atoms with Crippen LogP contribution in [0.2, 0.25) is 0 Å².